The van der Waals surface area contributed by atoms with Gasteiger partial charge in [0, 0.05) is 24.7 Å². The molecule has 0 aromatic carbocycles. The number of hydrogen-bond acceptors (Lipinski definition) is 3. The molecule has 2 fully saturated rings. The van der Waals surface area contributed by atoms with Gasteiger partial charge < -0.3 is 10.1 Å². The second-order valence-electron chi connectivity index (χ2n) is 6.72. The SMILES string of the molecule is CCCNC1CCCCCCC1N(C)C1CCOC1C. The molecular formula is C17H34N2O. The number of nitrogens with one attached hydrogen (secondary N) is 1. The molecule has 3 heteroatoms. The fourth-order valence-corrected chi connectivity index (χ4v) is 4.02. The Morgan fingerprint density at radius 1 is 1.05 bits per heavy atom. The molecule has 4 atom stereocenters. The molecule has 1 saturated carbocycles. The van der Waals surface area contributed by atoms with Crippen molar-refractivity contribution in [2.45, 2.75) is 89.4 Å². The molecule has 20 heavy (non-hydrogen) atoms. The van der Waals surface area contributed by atoms with E-state index in [0.717, 1.165) is 13.2 Å². The smallest absolute Gasteiger partial charge is 0.0703 e. The normalized spacial score (nSPS) is 36.0. The Balaban J connectivity index is 2.00. The highest BCUT2D eigenvalue weighted by atomic mass is 16.5. The third-order valence-electron chi connectivity index (χ3n) is 5.27. The van der Waals surface area contributed by atoms with Gasteiger partial charge in [0.1, 0.15) is 0 Å². The maximum absolute atomic E-state index is 5.79. The highest BCUT2D eigenvalue weighted by Crippen LogP contribution is 2.27. The van der Waals surface area contributed by atoms with Crippen LogP contribution in [0.1, 0.15) is 65.2 Å². The van der Waals surface area contributed by atoms with Gasteiger partial charge in [0.05, 0.1) is 6.10 Å². The standard InChI is InChI=1S/C17H34N2O/c1-4-12-18-15-9-7-5-6-8-10-17(15)19(3)16-11-13-20-14(16)2/h14-18H,4-13H2,1-3H3. The zero-order valence-corrected chi connectivity index (χ0v) is 13.7. The summed E-state index contributed by atoms with van der Waals surface area (Å²) in [6.45, 7) is 6.61. The Morgan fingerprint density at radius 3 is 2.45 bits per heavy atom. The summed E-state index contributed by atoms with van der Waals surface area (Å²) < 4.78 is 5.79. The van der Waals surface area contributed by atoms with Gasteiger partial charge in [0.2, 0.25) is 0 Å². The molecule has 1 N–H and O–H groups in total. The molecule has 2 aliphatic rings. The largest absolute Gasteiger partial charge is 0.377 e. The van der Waals surface area contributed by atoms with E-state index in [1.165, 1.54) is 51.4 Å². The summed E-state index contributed by atoms with van der Waals surface area (Å²) in [7, 11) is 2.34. The van der Waals surface area contributed by atoms with Crippen LogP contribution in [-0.2, 0) is 4.74 Å². The second-order valence-corrected chi connectivity index (χ2v) is 6.72. The lowest BCUT2D eigenvalue weighted by Gasteiger charge is -2.40. The van der Waals surface area contributed by atoms with Crippen molar-refractivity contribution in [1.29, 1.82) is 0 Å². The van der Waals surface area contributed by atoms with Crippen LogP contribution in [0.4, 0.5) is 0 Å². The van der Waals surface area contributed by atoms with Crippen molar-refractivity contribution < 1.29 is 4.74 Å². The van der Waals surface area contributed by atoms with Crippen LogP contribution in [-0.4, -0.2) is 49.3 Å². The lowest BCUT2D eigenvalue weighted by molar-refractivity contribution is 0.0518. The van der Waals surface area contributed by atoms with Gasteiger partial charge in [-0.25, -0.2) is 0 Å². The highest BCUT2D eigenvalue weighted by molar-refractivity contribution is 4.91. The highest BCUT2D eigenvalue weighted by Gasteiger charge is 2.35. The van der Waals surface area contributed by atoms with Crippen LogP contribution < -0.4 is 5.32 Å². The summed E-state index contributed by atoms with van der Waals surface area (Å²) in [5.41, 5.74) is 0. The lowest BCUT2D eigenvalue weighted by atomic mass is 9.90. The van der Waals surface area contributed by atoms with Crippen LogP contribution in [0.3, 0.4) is 0 Å². The van der Waals surface area contributed by atoms with Gasteiger partial charge in [-0.2, -0.15) is 0 Å². The minimum absolute atomic E-state index is 0.400. The number of hydrogen-bond donors (Lipinski definition) is 1. The molecule has 3 nitrogen and oxygen atoms in total. The van der Waals surface area contributed by atoms with Gasteiger partial charge in [0.25, 0.3) is 0 Å². The summed E-state index contributed by atoms with van der Waals surface area (Å²) in [5.74, 6) is 0. The molecule has 2 rings (SSSR count). The summed E-state index contributed by atoms with van der Waals surface area (Å²) in [4.78, 5) is 2.65. The van der Waals surface area contributed by atoms with Crippen molar-refractivity contribution >= 4 is 0 Å². The van der Waals surface area contributed by atoms with Crippen molar-refractivity contribution in [3.63, 3.8) is 0 Å². The molecule has 1 saturated heterocycles. The fourth-order valence-electron chi connectivity index (χ4n) is 4.02. The monoisotopic (exact) mass is 282 g/mol. The Labute approximate surface area is 125 Å². The molecule has 0 amide bonds. The van der Waals surface area contributed by atoms with Gasteiger partial charge in [0.15, 0.2) is 0 Å². The van der Waals surface area contributed by atoms with E-state index in [9.17, 15) is 0 Å². The van der Waals surface area contributed by atoms with E-state index in [0.29, 0.717) is 24.2 Å². The van der Waals surface area contributed by atoms with Gasteiger partial charge in [-0.15, -0.1) is 0 Å². The van der Waals surface area contributed by atoms with Crippen molar-refractivity contribution in [3.05, 3.63) is 0 Å². The Bertz CT molecular complexity index is 270. The van der Waals surface area contributed by atoms with Gasteiger partial charge in [-0.3, -0.25) is 4.90 Å². The molecule has 1 heterocycles. The zero-order valence-electron chi connectivity index (χ0n) is 13.7. The van der Waals surface area contributed by atoms with Crippen LogP contribution in [0.2, 0.25) is 0 Å². The van der Waals surface area contributed by atoms with E-state index >= 15 is 0 Å². The molecule has 0 aromatic rings. The van der Waals surface area contributed by atoms with Crippen molar-refractivity contribution in [2.75, 3.05) is 20.2 Å². The fraction of sp³-hybridized carbons (Fsp3) is 1.00. The van der Waals surface area contributed by atoms with Crippen LogP contribution in [0.25, 0.3) is 0 Å². The van der Waals surface area contributed by atoms with E-state index in [4.69, 9.17) is 4.74 Å². The Kier molecular flexibility index (Phi) is 6.79. The van der Waals surface area contributed by atoms with Gasteiger partial charge in [-0.1, -0.05) is 32.6 Å². The molecule has 118 valence electrons. The summed E-state index contributed by atoms with van der Waals surface area (Å²) in [6, 6.07) is 1.98. The first-order valence-corrected chi connectivity index (χ1v) is 8.81. The van der Waals surface area contributed by atoms with Crippen LogP contribution in [0.5, 0.6) is 0 Å². The average molecular weight is 282 g/mol. The molecule has 1 aliphatic heterocycles. The van der Waals surface area contributed by atoms with E-state index < -0.39 is 0 Å². The number of likely N-dealkylation sites (N-methyl/N-ethyl adjacent to an activating group) is 1. The third-order valence-corrected chi connectivity index (χ3v) is 5.27. The number of rotatable bonds is 5. The zero-order chi connectivity index (χ0) is 14.4. The van der Waals surface area contributed by atoms with E-state index in [-0.39, 0.29) is 0 Å². The summed E-state index contributed by atoms with van der Waals surface area (Å²) >= 11 is 0. The average Bonchev–Trinajstić information content (AvgIpc) is 2.83. The molecule has 4 unspecified atom stereocenters. The van der Waals surface area contributed by atoms with E-state index in [2.05, 4.69) is 31.1 Å². The lowest BCUT2D eigenvalue weighted by Crippen LogP contribution is -2.54. The maximum atomic E-state index is 5.79. The maximum Gasteiger partial charge on any atom is 0.0703 e. The Morgan fingerprint density at radius 2 is 1.80 bits per heavy atom. The summed E-state index contributed by atoms with van der Waals surface area (Å²) in [6.07, 6.45) is 11.1. The summed E-state index contributed by atoms with van der Waals surface area (Å²) in [5, 5.41) is 3.83. The van der Waals surface area contributed by atoms with Crippen LogP contribution >= 0.6 is 0 Å². The van der Waals surface area contributed by atoms with Crippen LogP contribution in [0, 0.1) is 0 Å². The molecule has 0 spiro atoms. The van der Waals surface area contributed by atoms with E-state index in [1.807, 2.05) is 0 Å². The van der Waals surface area contributed by atoms with Crippen molar-refractivity contribution in [3.8, 4) is 0 Å². The number of nitrogens with zero attached hydrogens (tertiary/aromatic N) is 1. The van der Waals surface area contributed by atoms with E-state index in [1.54, 1.807) is 0 Å². The van der Waals surface area contributed by atoms with Gasteiger partial charge in [-0.05, 0) is 46.2 Å². The first-order chi connectivity index (χ1) is 9.74. The minimum Gasteiger partial charge on any atom is -0.377 e. The van der Waals surface area contributed by atoms with Crippen molar-refractivity contribution in [2.24, 2.45) is 0 Å². The molecule has 0 radical (unpaired) electrons. The first kappa shape index (κ1) is 16.3. The predicted octanol–water partition coefficient (Wildman–Crippen LogP) is 3.19. The van der Waals surface area contributed by atoms with Gasteiger partial charge >= 0.3 is 0 Å². The predicted molar refractivity (Wildman–Crippen MR) is 85.2 cm³/mol. The first-order valence-electron chi connectivity index (χ1n) is 8.81. The Hall–Kier alpha value is -0.120. The number of ether oxygens (including phenoxy) is 1. The molecule has 0 bridgehead atoms. The van der Waals surface area contributed by atoms with Crippen LogP contribution in [0.15, 0.2) is 0 Å². The quantitative estimate of drug-likeness (QED) is 0.838. The molecular weight excluding hydrogens is 248 g/mol. The third kappa shape index (κ3) is 4.19. The second kappa shape index (κ2) is 8.35. The molecule has 1 aliphatic carbocycles. The molecule has 0 aromatic heterocycles. The minimum atomic E-state index is 0.400. The van der Waals surface area contributed by atoms with Crippen molar-refractivity contribution in [1.82, 2.24) is 10.2 Å². The topological polar surface area (TPSA) is 24.5 Å².